The van der Waals surface area contributed by atoms with Crippen molar-refractivity contribution in [2.45, 2.75) is 19.9 Å². The predicted octanol–water partition coefficient (Wildman–Crippen LogP) is 2.33. The minimum absolute atomic E-state index is 0. The van der Waals surface area contributed by atoms with Gasteiger partial charge in [-0.1, -0.05) is 30.3 Å². The zero-order valence-electron chi connectivity index (χ0n) is 14.5. The molecule has 0 heterocycles. The first-order chi connectivity index (χ1) is 10.8. The molecular weight excluding hydrogens is 403 g/mol. The van der Waals surface area contributed by atoms with Crippen molar-refractivity contribution >= 4 is 29.9 Å². The van der Waals surface area contributed by atoms with Crippen LogP contribution in [0.5, 0.6) is 0 Å². The van der Waals surface area contributed by atoms with Crippen LogP contribution >= 0.6 is 24.0 Å². The van der Waals surface area contributed by atoms with Gasteiger partial charge in [0.1, 0.15) is 0 Å². The van der Waals surface area contributed by atoms with E-state index in [9.17, 15) is 0 Å². The van der Waals surface area contributed by atoms with Gasteiger partial charge in [-0.3, -0.25) is 4.99 Å². The van der Waals surface area contributed by atoms with Crippen LogP contribution in [-0.4, -0.2) is 57.8 Å². The van der Waals surface area contributed by atoms with Gasteiger partial charge in [-0.05, 0) is 32.5 Å². The van der Waals surface area contributed by atoms with Crippen LogP contribution in [0.4, 0.5) is 0 Å². The molecule has 0 amide bonds. The SMILES string of the molecule is CCOCCNC(=NC)NCCCN(C)Cc1ccccc1.I. The monoisotopic (exact) mass is 434 g/mol. The number of aliphatic imine (C=N–C) groups is 1. The molecule has 1 aromatic carbocycles. The highest BCUT2D eigenvalue weighted by atomic mass is 127. The van der Waals surface area contributed by atoms with Crippen molar-refractivity contribution < 1.29 is 4.74 Å². The highest BCUT2D eigenvalue weighted by Crippen LogP contribution is 2.02. The summed E-state index contributed by atoms with van der Waals surface area (Å²) in [5.74, 6) is 0.838. The maximum atomic E-state index is 5.29. The number of guanidine groups is 1. The van der Waals surface area contributed by atoms with Crippen molar-refractivity contribution in [3.05, 3.63) is 35.9 Å². The zero-order chi connectivity index (χ0) is 16.0. The van der Waals surface area contributed by atoms with E-state index in [0.29, 0.717) is 6.61 Å². The summed E-state index contributed by atoms with van der Waals surface area (Å²) in [6, 6.07) is 10.6. The van der Waals surface area contributed by atoms with Crippen LogP contribution in [0.15, 0.2) is 35.3 Å². The third-order valence-electron chi connectivity index (χ3n) is 3.27. The standard InChI is InChI=1S/C17H30N4O.HI/c1-4-22-14-12-20-17(18-2)19-11-8-13-21(3)15-16-9-6-5-7-10-16;/h5-7,9-10H,4,8,11-15H2,1-3H3,(H2,18,19,20);1H. The lowest BCUT2D eigenvalue weighted by Crippen LogP contribution is -2.40. The molecule has 0 radical (unpaired) electrons. The Morgan fingerprint density at radius 3 is 2.52 bits per heavy atom. The topological polar surface area (TPSA) is 48.9 Å². The molecule has 0 aliphatic carbocycles. The lowest BCUT2D eigenvalue weighted by Gasteiger charge is -2.17. The van der Waals surface area contributed by atoms with Crippen LogP contribution in [0.3, 0.4) is 0 Å². The molecule has 2 N–H and O–H groups in total. The second kappa shape index (κ2) is 14.7. The summed E-state index contributed by atoms with van der Waals surface area (Å²) >= 11 is 0. The van der Waals surface area contributed by atoms with Crippen LogP contribution in [0.1, 0.15) is 18.9 Å². The molecule has 1 aromatic rings. The molecule has 0 unspecified atom stereocenters. The summed E-state index contributed by atoms with van der Waals surface area (Å²) in [5.41, 5.74) is 1.35. The maximum absolute atomic E-state index is 5.29. The lowest BCUT2D eigenvalue weighted by molar-refractivity contribution is 0.152. The fourth-order valence-corrected chi connectivity index (χ4v) is 2.14. The van der Waals surface area contributed by atoms with E-state index in [1.165, 1.54) is 5.56 Å². The minimum Gasteiger partial charge on any atom is -0.380 e. The molecule has 0 fully saturated rings. The molecule has 0 saturated heterocycles. The average Bonchev–Trinajstić information content (AvgIpc) is 2.54. The number of nitrogens with zero attached hydrogens (tertiary/aromatic N) is 2. The number of nitrogens with one attached hydrogen (secondary N) is 2. The van der Waals surface area contributed by atoms with Gasteiger partial charge in [-0.2, -0.15) is 0 Å². The lowest BCUT2D eigenvalue weighted by atomic mass is 10.2. The fraction of sp³-hybridized carbons (Fsp3) is 0.588. The van der Waals surface area contributed by atoms with Gasteiger partial charge in [-0.15, -0.1) is 24.0 Å². The molecule has 0 aliphatic rings. The number of benzene rings is 1. The van der Waals surface area contributed by atoms with Gasteiger partial charge in [0.25, 0.3) is 0 Å². The first kappa shape index (κ1) is 22.1. The fourth-order valence-electron chi connectivity index (χ4n) is 2.14. The first-order valence-electron chi connectivity index (χ1n) is 8.01. The molecular formula is C17H31IN4O. The third-order valence-corrected chi connectivity index (χ3v) is 3.27. The number of rotatable bonds is 10. The van der Waals surface area contributed by atoms with E-state index < -0.39 is 0 Å². The van der Waals surface area contributed by atoms with Crippen LogP contribution in [-0.2, 0) is 11.3 Å². The largest absolute Gasteiger partial charge is 0.380 e. The summed E-state index contributed by atoms with van der Waals surface area (Å²) in [5, 5.41) is 6.55. The normalized spacial score (nSPS) is 11.2. The van der Waals surface area contributed by atoms with E-state index in [2.05, 4.69) is 57.9 Å². The van der Waals surface area contributed by atoms with Crippen molar-refractivity contribution in [2.24, 2.45) is 4.99 Å². The maximum Gasteiger partial charge on any atom is 0.191 e. The van der Waals surface area contributed by atoms with Gasteiger partial charge in [0, 0.05) is 33.3 Å². The van der Waals surface area contributed by atoms with Crippen LogP contribution in [0.25, 0.3) is 0 Å². The molecule has 0 aliphatic heterocycles. The van der Waals surface area contributed by atoms with E-state index in [1.54, 1.807) is 7.05 Å². The second-order valence-corrected chi connectivity index (χ2v) is 5.20. The number of hydrogen-bond acceptors (Lipinski definition) is 3. The Balaban J connectivity index is 0.00000484. The molecule has 1 rings (SSSR count). The Kier molecular flexibility index (Phi) is 14.2. The summed E-state index contributed by atoms with van der Waals surface area (Å²) in [4.78, 5) is 6.53. The first-order valence-corrected chi connectivity index (χ1v) is 8.01. The van der Waals surface area contributed by atoms with Crippen LogP contribution in [0.2, 0.25) is 0 Å². The predicted molar refractivity (Wildman–Crippen MR) is 109 cm³/mol. The van der Waals surface area contributed by atoms with Gasteiger partial charge in [0.2, 0.25) is 0 Å². The number of halogens is 1. The molecule has 5 nitrogen and oxygen atoms in total. The van der Waals surface area contributed by atoms with Gasteiger partial charge in [0.15, 0.2) is 5.96 Å². The summed E-state index contributed by atoms with van der Waals surface area (Å²) in [6.45, 7) is 7.19. The Bertz CT molecular complexity index is 414. The molecule has 23 heavy (non-hydrogen) atoms. The number of ether oxygens (including phenoxy) is 1. The van der Waals surface area contributed by atoms with E-state index in [0.717, 1.165) is 45.2 Å². The highest BCUT2D eigenvalue weighted by molar-refractivity contribution is 14.0. The average molecular weight is 434 g/mol. The van der Waals surface area contributed by atoms with E-state index >= 15 is 0 Å². The molecule has 0 atom stereocenters. The van der Waals surface area contributed by atoms with E-state index in [4.69, 9.17) is 4.74 Å². The molecule has 0 saturated carbocycles. The van der Waals surface area contributed by atoms with Crippen LogP contribution < -0.4 is 10.6 Å². The van der Waals surface area contributed by atoms with Crippen LogP contribution in [0, 0.1) is 0 Å². The molecule has 6 heteroatoms. The Morgan fingerprint density at radius 1 is 1.17 bits per heavy atom. The number of hydrogen-bond donors (Lipinski definition) is 2. The molecule has 132 valence electrons. The Labute approximate surface area is 157 Å². The summed E-state index contributed by atoms with van der Waals surface area (Å²) in [7, 11) is 3.94. The smallest absolute Gasteiger partial charge is 0.191 e. The van der Waals surface area contributed by atoms with Gasteiger partial charge < -0.3 is 20.3 Å². The highest BCUT2D eigenvalue weighted by Gasteiger charge is 2.01. The Hall–Kier alpha value is -0.860. The molecule has 0 bridgehead atoms. The van der Waals surface area contributed by atoms with Gasteiger partial charge >= 0.3 is 0 Å². The van der Waals surface area contributed by atoms with Crippen molar-refractivity contribution in [1.82, 2.24) is 15.5 Å². The third kappa shape index (κ3) is 11.3. The van der Waals surface area contributed by atoms with Gasteiger partial charge in [-0.25, -0.2) is 0 Å². The molecule has 0 spiro atoms. The van der Waals surface area contributed by atoms with Crippen molar-refractivity contribution in [3.63, 3.8) is 0 Å². The minimum atomic E-state index is 0. The van der Waals surface area contributed by atoms with E-state index in [1.807, 2.05) is 6.92 Å². The van der Waals surface area contributed by atoms with Crippen molar-refractivity contribution in [2.75, 3.05) is 46.9 Å². The van der Waals surface area contributed by atoms with Gasteiger partial charge in [0.05, 0.1) is 6.61 Å². The summed E-state index contributed by atoms with van der Waals surface area (Å²) < 4.78 is 5.29. The second-order valence-electron chi connectivity index (χ2n) is 5.20. The van der Waals surface area contributed by atoms with E-state index in [-0.39, 0.29) is 24.0 Å². The molecule has 0 aromatic heterocycles. The zero-order valence-corrected chi connectivity index (χ0v) is 16.9. The Morgan fingerprint density at radius 2 is 1.87 bits per heavy atom. The quantitative estimate of drug-likeness (QED) is 0.257. The summed E-state index contributed by atoms with van der Waals surface area (Å²) in [6.07, 6.45) is 1.08. The van der Waals surface area contributed by atoms with Crippen molar-refractivity contribution in [1.29, 1.82) is 0 Å². The van der Waals surface area contributed by atoms with Crippen molar-refractivity contribution in [3.8, 4) is 0 Å².